The number of carbonyl (C=O) groups excluding carboxylic acids is 2. The van der Waals surface area contributed by atoms with E-state index in [1.807, 2.05) is 54.6 Å². The summed E-state index contributed by atoms with van der Waals surface area (Å²) in [4.78, 5) is 31.5. The fraction of sp³-hybridized carbons (Fsp3) is 0.286. The monoisotopic (exact) mass is 365 g/mol. The van der Waals surface area contributed by atoms with Crippen LogP contribution in [0, 0.1) is 0 Å². The molecule has 6 heteroatoms. The van der Waals surface area contributed by atoms with Crippen LogP contribution in [0.25, 0.3) is 0 Å². The van der Waals surface area contributed by atoms with Gasteiger partial charge in [0, 0.05) is 24.8 Å². The summed E-state index contributed by atoms with van der Waals surface area (Å²) < 4.78 is 4.95. The van der Waals surface area contributed by atoms with Crippen LogP contribution in [0.15, 0.2) is 59.6 Å². The highest BCUT2D eigenvalue weighted by atomic mass is 16.5. The lowest BCUT2D eigenvalue weighted by molar-refractivity contribution is -0.124. The third kappa shape index (κ3) is 4.23. The third-order valence-corrected chi connectivity index (χ3v) is 4.37. The maximum atomic E-state index is 13.0. The van der Waals surface area contributed by atoms with Gasteiger partial charge in [-0.15, -0.1) is 0 Å². The highest BCUT2D eigenvalue weighted by Crippen LogP contribution is 2.28. The minimum absolute atomic E-state index is 0.0541. The summed E-state index contributed by atoms with van der Waals surface area (Å²) in [5.41, 5.74) is 3.23. The van der Waals surface area contributed by atoms with Crippen molar-refractivity contribution in [2.24, 2.45) is 4.99 Å². The van der Waals surface area contributed by atoms with Crippen LogP contribution in [0.3, 0.4) is 0 Å². The molecule has 1 N–H and O–H groups in total. The van der Waals surface area contributed by atoms with Crippen molar-refractivity contribution in [1.29, 1.82) is 0 Å². The highest BCUT2D eigenvalue weighted by Gasteiger charge is 2.30. The summed E-state index contributed by atoms with van der Waals surface area (Å²) in [6.07, 6.45) is 0. The summed E-state index contributed by atoms with van der Waals surface area (Å²) in [5, 5.41) is 2.77. The lowest BCUT2D eigenvalue weighted by Gasteiger charge is -2.23. The Balaban J connectivity index is 1.97. The number of methoxy groups -OCH3 is 1. The number of para-hydroxylation sites is 1. The van der Waals surface area contributed by atoms with E-state index < -0.39 is 6.04 Å². The fourth-order valence-corrected chi connectivity index (χ4v) is 3.05. The molecule has 1 aliphatic rings. The second-order valence-electron chi connectivity index (χ2n) is 6.30. The quantitative estimate of drug-likeness (QED) is 0.796. The Bertz CT molecular complexity index is 849. The number of benzene rings is 2. The molecule has 0 saturated carbocycles. The van der Waals surface area contributed by atoms with Crippen LogP contribution in [0.2, 0.25) is 0 Å². The summed E-state index contributed by atoms with van der Waals surface area (Å²) in [5.74, 6) is -0.430. The van der Waals surface area contributed by atoms with Crippen molar-refractivity contribution >= 4 is 23.2 Å². The first-order chi connectivity index (χ1) is 13.1. The van der Waals surface area contributed by atoms with Gasteiger partial charge in [0.25, 0.3) is 5.91 Å². The number of fused-ring (bicyclic) bond motifs is 1. The van der Waals surface area contributed by atoms with Crippen LogP contribution < -0.4 is 10.2 Å². The van der Waals surface area contributed by atoms with E-state index in [1.165, 1.54) is 4.90 Å². The van der Waals surface area contributed by atoms with Gasteiger partial charge in [-0.25, -0.2) is 0 Å². The van der Waals surface area contributed by atoms with Gasteiger partial charge in [0.15, 0.2) is 0 Å². The maximum absolute atomic E-state index is 13.0. The Morgan fingerprint density at radius 3 is 2.59 bits per heavy atom. The number of ether oxygens (including phenoxy) is 1. The molecule has 0 fully saturated rings. The molecule has 3 rings (SSSR count). The number of hydrogen-bond acceptors (Lipinski definition) is 4. The van der Waals surface area contributed by atoms with Gasteiger partial charge >= 0.3 is 0 Å². The largest absolute Gasteiger partial charge is 0.383 e. The Kier molecular flexibility index (Phi) is 5.98. The number of hydrogen-bond donors (Lipinski definition) is 1. The molecule has 2 aromatic carbocycles. The number of rotatable bonds is 6. The first-order valence-electron chi connectivity index (χ1n) is 8.91. The minimum atomic E-state index is -0.584. The topological polar surface area (TPSA) is 71.0 Å². The van der Waals surface area contributed by atoms with Crippen molar-refractivity contribution < 1.29 is 14.3 Å². The van der Waals surface area contributed by atoms with Gasteiger partial charge in [0.2, 0.25) is 5.91 Å². The smallest absolute Gasteiger partial charge is 0.252 e. The molecule has 1 unspecified atom stereocenters. The molecule has 0 aliphatic carbocycles. The number of amides is 2. The normalized spacial score (nSPS) is 16.4. The standard InChI is InChI=1S/C21H23N3O3/c1-15-21(26)24(14-19(25)22-12-13-27-2)18-11-7-6-10-17(18)20(23-15)16-8-4-3-5-9-16/h3-11,15H,12-14H2,1-2H3,(H,22,25). The van der Waals surface area contributed by atoms with Crippen LogP contribution in [-0.4, -0.2) is 50.4 Å². The average Bonchev–Trinajstić information content (AvgIpc) is 2.79. The minimum Gasteiger partial charge on any atom is -0.383 e. The SMILES string of the molecule is COCCNC(=O)CN1C(=O)C(C)N=C(c2ccccc2)c2ccccc21. The molecule has 0 saturated heterocycles. The molecule has 27 heavy (non-hydrogen) atoms. The van der Waals surface area contributed by atoms with Crippen LogP contribution >= 0.6 is 0 Å². The van der Waals surface area contributed by atoms with Gasteiger partial charge in [0.05, 0.1) is 18.0 Å². The lowest BCUT2D eigenvalue weighted by atomic mass is 10.0. The second-order valence-corrected chi connectivity index (χ2v) is 6.30. The summed E-state index contributed by atoms with van der Waals surface area (Å²) >= 11 is 0. The van der Waals surface area contributed by atoms with E-state index in [4.69, 9.17) is 4.74 Å². The number of nitrogens with zero attached hydrogens (tertiary/aromatic N) is 2. The number of aliphatic imine (C=N–C) groups is 1. The first kappa shape index (κ1) is 18.8. The zero-order valence-corrected chi connectivity index (χ0v) is 15.5. The van der Waals surface area contributed by atoms with Crippen molar-refractivity contribution in [3.63, 3.8) is 0 Å². The molecule has 1 aliphatic heterocycles. The number of anilines is 1. The first-order valence-corrected chi connectivity index (χ1v) is 8.91. The molecule has 2 aromatic rings. The average molecular weight is 365 g/mol. The molecular weight excluding hydrogens is 342 g/mol. The molecule has 1 heterocycles. The Labute approximate surface area is 158 Å². The number of nitrogens with one attached hydrogen (secondary N) is 1. The van der Waals surface area contributed by atoms with Gasteiger partial charge in [-0.3, -0.25) is 14.6 Å². The van der Waals surface area contributed by atoms with E-state index in [0.29, 0.717) is 18.8 Å². The van der Waals surface area contributed by atoms with Crippen molar-refractivity contribution in [3.05, 3.63) is 65.7 Å². The van der Waals surface area contributed by atoms with E-state index in [-0.39, 0.29) is 18.4 Å². The van der Waals surface area contributed by atoms with E-state index in [1.54, 1.807) is 14.0 Å². The van der Waals surface area contributed by atoms with E-state index in [2.05, 4.69) is 10.3 Å². The van der Waals surface area contributed by atoms with E-state index in [0.717, 1.165) is 16.8 Å². The second kappa shape index (κ2) is 8.60. The van der Waals surface area contributed by atoms with E-state index >= 15 is 0 Å². The maximum Gasteiger partial charge on any atom is 0.252 e. The number of benzodiazepines with no additional fused rings is 1. The third-order valence-electron chi connectivity index (χ3n) is 4.37. The van der Waals surface area contributed by atoms with Gasteiger partial charge < -0.3 is 15.0 Å². The van der Waals surface area contributed by atoms with Crippen LogP contribution in [0.4, 0.5) is 5.69 Å². The molecule has 2 amide bonds. The van der Waals surface area contributed by atoms with Gasteiger partial charge in [-0.2, -0.15) is 0 Å². The zero-order valence-electron chi connectivity index (χ0n) is 15.5. The zero-order chi connectivity index (χ0) is 19.2. The Morgan fingerprint density at radius 1 is 1.15 bits per heavy atom. The molecule has 140 valence electrons. The van der Waals surface area contributed by atoms with Gasteiger partial charge in [0.1, 0.15) is 12.6 Å². The molecule has 0 bridgehead atoms. The lowest BCUT2D eigenvalue weighted by Crippen LogP contribution is -2.44. The number of carbonyl (C=O) groups is 2. The molecule has 0 radical (unpaired) electrons. The van der Waals surface area contributed by atoms with E-state index in [9.17, 15) is 9.59 Å². The van der Waals surface area contributed by atoms with Gasteiger partial charge in [-0.1, -0.05) is 48.5 Å². The Morgan fingerprint density at radius 2 is 1.85 bits per heavy atom. The van der Waals surface area contributed by atoms with Crippen molar-refractivity contribution in [3.8, 4) is 0 Å². The molecule has 1 atom stereocenters. The van der Waals surface area contributed by atoms with Crippen molar-refractivity contribution in [2.75, 3.05) is 31.7 Å². The predicted molar refractivity (Wildman–Crippen MR) is 105 cm³/mol. The summed E-state index contributed by atoms with van der Waals surface area (Å²) in [7, 11) is 1.57. The van der Waals surface area contributed by atoms with Crippen molar-refractivity contribution in [1.82, 2.24) is 5.32 Å². The fourth-order valence-electron chi connectivity index (χ4n) is 3.05. The van der Waals surface area contributed by atoms with Gasteiger partial charge in [-0.05, 0) is 13.0 Å². The highest BCUT2D eigenvalue weighted by molar-refractivity contribution is 6.20. The molecule has 6 nitrogen and oxygen atoms in total. The van der Waals surface area contributed by atoms with Crippen LogP contribution in [0.5, 0.6) is 0 Å². The molecule has 0 spiro atoms. The predicted octanol–water partition coefficient (Wildman–Crippen LogP) is 2.02. The summed E-state index contributed by atoms with van der Waals surface area (Å²) in [6.45, 7) is 2.53. The summed E-state index contributed by atoms with van der Waals surface area (Å²) in [6, 6.07) is 16.7. The van der Waals surface area contributed by atoms with Crippen LogP contribution in [-0.2, 0) is 14.3 Å². The van der Waals surface area contributed by atoms with Crippen LogP contribution in [0.1, 0.15) is 18.1 Å². The van der Waals surface area contributed by atoms with Crippen molar-refractivity contribution in [2.45, 2.75) is 13.0 Å². The Hall–Kier alpha value is -2.99. The molecule has 0 aromatic heterocycles. The molecular formula is C21H23N3O3.